The molecule has 2 atom stereocenters. The maximum Gasteiger partial charge on any atom is 0.174 e. The van der Waals surface area contributed by atoms with Gasteiger partial charge in [0.2, 0.25) is 0 Å². The van der Waals surface area contributed by atoms with Gasteiger partial charge in [-0.05, 0) is 45.1 Å². The third kappa shape index (κ3) is 3.23. The molecule has 0 spiro atoms. The minimum atomic E-state index is 0.583. The van der Waals surface area contributed by atoms with E-state index in [9.17, 15) is 0 Å². The van der Waals surface area contributed by atoms with E-state index < -0.39 is 0 Å². The van der Waals surface area contributed by atoms with Crippen molar-refractivity contribution in [1.82, 2.24) is 19.7 Å². The lowest BCUT2D eigenvalue weighted by molar-refractivity contribution is 0.419. The Morgan fingerprint density at radius 1 is 1.26 bits per heavy atom. The largest absolute Gasteiger partial charge is 0.352 e. The molecule has 0 aromatic carbocycles. The zero-order valence-electron chi connectivity index (χ0n) is 14.7. The van der Waals surface area contributed by atoms with Crippen molar-refractivity contribution >= 4 is 5.82 Å². The first-order valence-corrected chi connectivity index (χ1v) is 8.72. The Balaban J connectivity index is 1.88. The van der Waals surface area contributed by atoms with Crippen LogP contribution < -0.4 is 4.90 Å². The molecule has 124 valence electrons. The molecule has 2 aromatic rings. The van der Waals surface area contributed by atoms with Crippen molar-refractivity contribution in [2.75, 3.05) is 11.4 Å². The summed E-state index contributed by atoms with van der Waals surface area (Å²) in [5.74, 6) is 2.49. The maximum absolute atomic E-state index is 4.86. The Kier molecular flexibility index (Phi) is 4.64. The lowest BCUT2D eigenvalue weighted by Gasteiger charge is -2.30. The summed E-state index contributed by atoms with van der Waals surface area (Å²) >= 11 is 0. The highest BCUT2D eigenvalue weighted by Gasteiger charge is 2.30. The zero-order valence-corrected chi connectivity index (χ0v) is 14.7. The third-order valence-corrected chi connectivity index (χ3v) is 4.83. The molecule has 3 heterocycles. The average molecular weight is 313 g/mol. The summed E-state index contributed by atoms with van der Waals surface area (Å²) in [6.45, 7) is 9.76. The lowest BCUT2D eigenvalue weighted by atomic mass is 9.95. The van der Waals surface area contributed by atoms with Gasteiger partial charge in [-0.3, -0.25) is 4.98 Å². The quantitative estimate of drug-likeness (QED) is 0.844. The number of aryl methyl sites for hydroxylation is 2. The van der Waals surface area contributed by atoms with Crippen molar-refractivity contribution in [3.63, 3.8) is 0 Å². The second kappa shape index (κ2) is 6.69. The van der Waals surface area contributed by atoms with Gasteiger partial charge in [0.05, 0.1) is 18.1 Å². The average Bonchev–Trinajstić information content (AvgIpc) is 3.14. The molecule has 1 saturated heterocycles. The van der Waals surface area contributed by atoms with Gasteiger partial charge in [0.1, 0.15) is 5.82 Å². The first-order valence-electron chi connectivity index (χ1n) is 8.72. The normalized spacial score (nSPS) is 19.3. The van der Waals surface area contributed by atoms with Crippen LogP contribution in [0.2, 0.25) is 0 Å². The van der Waals surface area contributed by atoms with Crippen molar-refractivity contribution in [3.8, 4) is 5.82 Å². The Hall–Kier alpha value is -1.91. The molecule has 3 rings (SSSR count). The number of hydrogen-bond acceptors (Lipinski definition) is 4. The molecule has 5 nitrogen and oxygen atoms in total. The summed E-state index contributed by atoms with van der Waals surface area (Å²) in [4.78, 5) is 11.7. The molecule has 1 aliphatic rings. The highest BCUT2D eigenvalue weighted by Crippen LogP contribution is 2.30. The third-order valence-electron chi connectivity index (χ3n) is 4.83. The molecule has 0 N–H and O–H groups in total. The van der Waals surface area contributed by atoms with Crippen molar-refractivity contribution in [2.45, 2.75) is 59.4 Å². The van der Waals surface area contributed by atoms with Gasteiger partial charge in [-0.15, -0.1) is 0 Å². The van der Waals surface area contributed by atoms with Crippen LogP contribution in [0.3, 0.4) is 0 Å². The first-order chi connectivity index (χ1) is 11.1. The Morgan fingerprint density at radius 2 is 2.04 bits per heavy atom. The van der Waals surface area contributed by atoms with E-state index in [1.165, 1.54) is 25.7 Å². The molecule has 2 unspecified atom stereocenters. The second-order valence-corrected chi connectivity index (χ2v) is 6.74. The fraction of sp³-hybridized carbons (Fsp3) is 0.611. The first kappa shape index (κ1) is 16.0. The van der Waals surface area contributed by atoms with Gasteiger partial charge in [-0.2, -0.15) is 5.10 Å². The summed E-state index contributed by atoms with van der Waals surface area (Å²) in [5.41, 5.74) is 2.09. The lowest BCUT2D eigenvalue weighted by Crippen LogP contribution is -2.35. The SMILES string of the molecule is CCCC(C)C1CCCN1c1cncc(-n2nc(C)cc2C)n1. The molecule has 0 aliphatic carbocycles. The number of nitrogens with zero attached hydrogens (tertiary/aromatic N) is 5. The Labute approximate surface area is 138 Å². The Morgan fingerprint density at radius 3 is 2.74 bits per heavy atom. The molecule has 1 fully saturated rings. The second-order valence-electron chi connectivity index (χ2n) is 6.74. The van der Waals surface area contributed by atoms with Crippen LogP contribution in [0.1, 0.15) is 50.9 Å². The van der Waals surface area contributed by atoms with Gasteiger partial charge < -0.3 is 4.90 Å². The van der Waals surface area contributed by atoms with Crippen LogP contribution in [-0.2, 0) is 0 Å². The minimum absolute atomic E-state index is 0.583. The maximum atomic E-state index is 4.86. The summed E-state index contributed by atoms with van der Waals surface area (Å²) < 4.78 is 1.88. The number of aromatic nitrogens is 4. The summed E-state index contributed by atoms with van der Waals surface area (Å²) in [7, 11) is 0. The van der Waals surface area contributed by atoms with E-state index >= 15 is 0 Å². The van der Waals surface area contributed by atoms with Crippen molar-refractivity contribution < 1.29 is 0 Å². The summed E-state index contributed by atoms with van der Waals surface area (Å²) in [6, 6.07) is 2.65. The molecule has 0 bridgehead atoms. The predicted octanol–water partition coefficient (Wildman–Crippen LogP) is 3.68. The molecule has 0 amide bonds. The van der Waals surface area contributed by atoms with Gasteiger partial charge >= 0.3 is 0 Å². The van der Waals surface area contributed by atoms with E-state index in [0.717, 1.165) is 29.6 Å². The topological polar surface area (TPSA) is 46.8 Å². The highest BCUT2D eigenvalue weighted by molar-refractivity contribution is 5.42. The fourth-order valence-corrected chi connectivity index (χ4v) is 3.76. The van der Waals surface area contributed by atoms with Gasteiger partial charge in [0, 0.05) is 18.3 Å². The van der Waals surface area contributed by atoms with Crippen LogP contribution in [0, 0.1) is 19.8 Å². The van der Waals surface area contributed by atoms with Crippen LogP contribution in [0.5, 0.6) is 0 Å². The molecular weight excluding hydrogens is 286 g/mol. The zero-order chi connectivity index (χ0) is 16.4. The number of rotatable bonds is 5. The van der Waals surface area contributed by atoms with E-state index in [2.05, 4.69) is 41.8 Å². The van der Waals surface area contributed by atoms with E-state index in [-0.39, 0.29) is 0 Å². The predicted molar refractivity (Wildman–Crippen MR) is 93.1 cm³/mol. The smallest absolute Gasteiger partial charge is 0.174 e. The van der Waals surface area contributed by atoms with Crippen LogP contribution in [0.25, 0.3) is 5.82 Å². The van der Waals surface area contributed by atoms with Gasteiger partial charge in [-0.25, -0.2) is 9.67 Å². The monoisotopic (exact) mass is 313 g/mol. The van der Waals surface area contributed by atoms with Gasteiger partial charge in [0.15, 0.2) is 5.82 Å². The van der Waals surface area contributed by atoms with Crippen molar-refractivity contribution in [1.29, 1.82) is 0 Å². The minimum Gasteiger partial charge on any atom is -0.352 e. The summed E-state index contributed by atoms with van der Waals surface area (Å²) in [6.07, 6.45) is 8.70. The molecule has 23 heavy (non-hydrogen) atoms. The standard InChI is InChI=1S/C18H27N5/c1-5-7-13(2)16-8-6-9-22(16)17-11-19-12-18(20-17)23-15(4)10-14(3)21-23/h10-13,16H,5-9H2,1-4H3. The molecule has 5 heteroatoms. The molecule has 0 radical (unpaired) electrons. The van der Waals surface area contributed by atoms with Crippen LogP contribution in [0.15, 0.2) is 18.5 Å². The van der Waals surface area contributed by atoms with Crippen LogP contribution in [-0.4, -0.2) is 32.3 Å². The van der Waals surface area contributed by atoms with Crippen LogP contribution in [0.4, 0.5) is 5.82 Å². The molecular formula is C18H27N5. The highest BCUT2D eigenvalue weighted by atomic mass is 15.3. The van der Waals surface area contributed by atoms with Gasteiger partial charge in [-0.1, -0.05) is 20.3 Å². The van der Waals surface area contributed by atoms with Crippen molar-refractivity contribution in [2.24, 2.45) is 5.92 Å². The van der Waals surface area contributed by atoms with E-state index in [1.807, 2.05) is 17.8 Å². The van der Waals surface area contributed by atoms with E-state index in [0.29, 0.717) is 12.0 Å². The van der Waals surface area contributed by atoms with Crippen molar-refractivity contribution in [3.05, 3.63) is 29.8 Å². The molecule has 0 saturated carbocycles. The molecule has 2 aromatic heterocycles. The van der Waals surface area contributed by atoms with E-state index in [1.54, 1.807) is 6.20 Å². The molecule has 1 aliphatic heterocycles. The fourth-order valence-electron chi connectivity index (χ4n) is 3.76. The number of hydrogen-bond donors (Lipinski definition) is 0. The Bertz CT molecular complexity index is 663. The van der Waals surface area contributed by atoms with Gasteiger partial charge in [0.25, 0.3) is 0 Å². The van der Waals surface area contributed by atoms with E-state index in [4.69, 9.17) is 4.98 Å². The number of anilines is 1. The summed E-state index contributed by atoms with van der Waals surface area (Å²) in [5, 5.41) is 4.53. The van der Waals surface area contributed by atoms with Crippen LogP contribution >= 0.6 is 0 Å².